The van der Waals surface area contributed by atoms with E-state index in [1.807, 2.05) is 6.92 Å². The molecule has 60 valence electrons. The molecule has 10 heavy (non-hydrogen) atoms. The SMILES string of the molecule is CC1CC(O)C(O)C(O)C1. The van der Waals surface area contributed by atoms with Crippen LogP contribution in [0.25, 0.3) is 0 Å². The van der Waals surface area contributed by atoms with Gasteiger partial charge in [-0.3, -0.25) is 0 Å². The van der Waals surface area contributed by atoms with Gasteiger partial charge in [0.1, 0.15) is 6.10 Å². The summed E-state index contributed by atoms with van der Waals surface area (Å²) < 4.78 is 0. The molecule has 3 nitrogen and oxygen atoms in total. The first-order valence-corrected chi connectivity index (χ1v) is 3.65. The van der Waals surface area contributed by atoms with Crippen molar-refractivity contribution in [3.05, 3.63) is 0 Å². The molecule has 0 aromatic heterocycles. The van der Waals surface area contributed by atoms with E-state index in [4.69, 9.17) is 15.3 Å². The van der Waals surface area contributed by atoms with Gasteiger partial charge in [0.05, 0.1) is 12.2 Å². The van der Waals surface area contributed by atoms with Gasteiger partial charge in [-0.05, 0) is 18.8 Å². The van der Waals surface area contributed by atoms with Crippen LogP contribution in [0.4, 0.5) is 0 Å². The molecule has 1 rings (SSSR count). The number of aliphatic hydroxyl groups excluding tert-OH is 3. The summed E-state index contributed by atoms with van der Waals surface area (Å²) in [5.41, 5.74) is 0. The summed E-state index contributed by atoms with van der Waals surface area (Å²) in [5, 5.41) is 27.3. The molecule has 0 aromatic carbocycles. The van der Waals surface area contributed by atoms with E-state index in [9.17, 15) is 0 Å². The first-order valence-electron chi connectivity index (χ1n) is 3.65. The second kappa shape index (κ2) is 2.86. The number of hydrogen-bond acceptors (Lipinski definition) is 3. The van der Waals surface area contributed by atoms with E-state index in [0.29, 0.717) is 18.8 Å². The molecule has 0 aromatic rings. The lowest BCUT2D eigenvalue weighted by molar-refractivity contribution is -0.0974. The minimum absolute atomic E-state index is 0.313. The quantitative estimate of drug-likeness (QED) is 0.431. The molecule has 1 aliphatic rings. The minimum atomic E-state index is -0.934. The summed E-state index contributed by atoms with van der Waals surface area (Å²) >= 11 is 0. The van der Waals surface area contributed by atoms with Crippen molar-refractivity contribution in [2.45, 2.75) is 38.1 Å². The molecular formula is C7H14O3. The minimum Gasteiger partial charge on any atom is -0.390 e. The third kappa shape index (κ3) is 1.48. The van der Waals surface area contributed by atoms with Gasteiger partial charge in [-0.2, -0.15) is 0 Å². The molecular weight excluding hydrogens is 132 g/mol. The van der Waals surface area contributed by atoms with Gasteiger partial charge in [0.15, 0.2) is 0 Å². The second-order valence-corrected chi connectivity index (χ2v) is 3.20. The average molecular weight is 146 g/mol. The van der Waals surface area contributed by atoms with Crippen LogP contribution in [0.2, 0.25) is 0 Å². The Morgan fingerprint density at radius 2 is 1.40 bits per heavy atom. The molecule has 1 aliphatic carbocycles. The highest BCUT2D eigenvalue weighted by atomic mass is 16.4. The third-order valence-corrected chi connectivity index (χ3v) is 2.08. The van der Waals surface area contributed by atoms with Gasteiger partial charge in [-0.1, -0.05) is 6.92 Å². The Morgan fingerprint density at radius 1 is 1.00 bits per heavy atom. The van der Waals surface area contributed by atoms with Crippen LogP contribution in [0.1, 0.15) is 19.8 Å². The van der Waals surface area contributed by atoms with Crippen LogP contribution in [0.15, 0.2) is 0 Å². The highest BCUT2D eigenvalue weighted by Crippen LogP contribution is 2.24. The van der Waals surface area contributed by atoms with E-state index in [2.05, 4.69) is 0 Å². The van der Waals surface area contributed by atoms with E-state index in [0.717, 1.165) is 0 Å². The average Bonchev–Trinajstić information content (AvgIpc) is 1.82. The molecule has 1 fully saturated rings. The first kappa shape index (κ1) is 7.98. The molecule has 3 heteroatoms. The van der Waals surface area contributed by atoms with Gasteiger partial charge >= 0.3 is 0 Å². The molecule has 0 heterocycles. The van der Waals surface area contributed by atoms with E-state index >= 15 is 0 Å². The van der Waals surface area contributed by atoms with Crippen LogP contribution in [0, 0.1) is 5.92 Å². The lowest BCUT2D eigenvalue weighted by atomic mass is 9.85. The standard InChI is InChI=1S/C7H14O3/c1-4-2-5(8)7(10)6(9)3-4/h4-10H,2-3H2,1H3. The maximum atomic E-state index is 9.11. The monoisotopic (exact) mass is 146 g/mol. The Balaban J connectivity index is 2.49. The van der Waals surface area contributed by atoms with Crippen molar-refractivity contribution in [2.75, 3.05) is 0 Å². The molecule has 2 atom stereocenters. The van der Waals surface area contributed by atoms with Crippen molar-refractivity contribution in [1.29, 1.82) is 0 Å². The van der Waals surface area contributed by atoms with Crippen molar-refractivity contribution in [3.63, 3.8) is 0 Å². The maximum absolute atomic E-state index is 9.11. The number of hydrogen-bond donors (Lipinski definition) is 3. The lowest BCUT2D eigenvalue weighted by Gasteiger charge is -2.32. The fraction of sp³-hybridized carbons (Fsp3) is 1.00. The zero-order valence-electron chi connectivity index (χ0n) is 6.07. The molecule has 0 radical (unpaired) electrons. The second-order valence-electron chi connectivity index (χ2n) is 3.20. The lowest BCUT2D eigenvalue weighted by Crippen LogP contribution is -2.43. The first-order chi connectivity index (χ1) is 4.61. The van der Waals surface area contributed by atoms with E-state index in [1.165, 1.54) is 0 Å². The molecule has 0 saturated heterocycles. The molecule has 1 saturated carbocycles. The van der Waals surface area contributed by atoms with Crippen LogP contribution in [0.3, 0.4) is 0 Å². The van der Waals surface area contributed by atoms with Crippen molar-refractivity contribution >= 4 is 0 Å². The zero-order chi connectivity index (χ0) is 7.72. The molecule has 0 amide bonds. The van der Waals surface area contributed by atoms with E-state index in [-0.39, 0.29) is 0 Å². The normalized spacial score (nSPS) is 49.2. The van der Waals surface area contributed by atoms with E-state index < -0.39 is 18.3 Å². The predicted octanol–water partition coefficient (Wildman–Crippen LogP) is -0.501. The van der Waals surface area contributed by atoms with Gasteiger partial charge in [0.25, 0.3) is 0 Å². The number of rotatable bonds is 0. The van der Waals surface area contributed by atoms with Gasteiger partial charge < -0.3 is 15.3 Å². The summed E-state index contributed by atoms with van der Waals surface area (Å²) in [6.07, 6.45) is -1.22. The van der Waals surface area contributed by atoms with Gasteiger partial charge in [0, 0.05) is 0 Å². The highest BCUT2D eigenvalue weighted by Gasteiger charge is 2.32. The molecule has 2 unspecified atom stereocenters. The fourth-order valence-corrected chi connectivity index (χ4v) is 1.46. The Labute approximate surface area is 60.3 Å². The molecule has 0 bridgehead atoms. The smallest absolute Gasteiger partial charge is 0.106 e. The van der Waals surface area contributed by atoms with Gasteiger partial charge in [-0.25, -0.2) is 0 Å². The summed E-state index contributed by atoms with van der Waals surface area (Å²) in [7, 11) is 0. The number of aliphatic hydroxyl groups is 3. The topological polar surface area (TPSA) is 60.7 Å². The predicted molar refractivity (Wildman–Crippen MR) is 36.4 cm³/mol. The van der Waals surface area contributed by atoms with Crippen LogP contribution >= 0.6 is 0 Å². The Kier molecular flexibility index (Phi) is 2.28. The molecule has 0 aliphatic heterocycles. The maximum Gasteiger partial charge on any atom is 0.106 e. The van der Waals surface area contributed by atoms with E-state index in [1.54, 1.807) is 0 Å². The zero-order valence-corrected chi connectivity index (χ0v) is 6.07. The van der Waals surface area contributed by atoms with Crippen molar-refractivity contribution < 1.29 is 15.3 Å². The summed E-state index contributed by atoms with van der Waals surface area (Å²) in [6.45, 7) is 1.96. The summed E-state index contributed by atoms with van der Waals surface area (Å²) in [5.74, 6) is 0.313. The van der Waals surface area contributed by atoms with Crippen molar-refractivity contribution in [1.82, 2.24) is 0 Å². The fourth-order valence-electron chi connectivity index (χ4n) is 1.46. The van der Waals surface area contributed by atoms with Crippen LogP contribution in [-0.4, -0.2) is 33.6 Å². The van der Waals surface area contributed by atoms with Crippen LogP contribution in [-0.2, 0) is 0 Å². The van der Waals surface area contributed by atoms with Gasteiger partial charge in [-0.15, -0.1) is 0 Å². The Morgan fingerprint density at radius 3 is 1.80 bits per heavy atom. The Bertz CT molecular complexity index is 103. The van der Waals surface area contributed by atoms with Crippen molar-refractivity contribution in [2.24, 2.45) is 5.92 Å². The Hall–Kier alpha value is -0.120. The largest absolute Gasteiger partial charge is 0.390 e. The van der Waals surface area contributed by atoms with Crippen LogP contribution in [0.5, 0.6) is 0 Å². The molecule has 3 N–H and O–H groups in total. The third-order valence-electron chi connectivity index (χ3n) is 2.08. The highest BCUT2D eigenvalue weighted by molar-refractivity contribution is 4.83. The van der Waals surface area contributed by atoms with Crippen LogP contribution < -0.4 is 0 Å². The van der Waals surface area contributed by atoms with Crippen molar-refractivity contribution in [3.8, 4) is 0 Å². The van der Waals surface area contributed by atoms with Gasteiger partial charge in [0.2, 0.25) is 0 Å². The molecule has 0 spiro atoms. The summed E-state index contributed by atoms with van der Waals surface area (Å²) in [4.78, 5) is 0. The summed E-state index contributed by atoms with van der Waals surface area (Å²) in [6, 6.07) is 0.